The lowest BCUT2D eigenvalue weighted by Crippen LogP contribution is -2.60. The van der Waals surface area contributed by atoms with Gasteiger partial charge in [0.2, 0.25) is 5.91 Å². The van der Waals surface area contributed by atoms with Crippen molar-refractivity contribution in [3.8, 4) is 0 Å². The number of hydrogen-bond acceptors (Lipinski definition) is 3. The fourth-order valence-electron chi connectivity index (χ4n) is 3.84. The van der Waals surface area contributed by atoms with Gasteiger partial charge in [-0.05, 0) is 37.5 Å². The maximum atomic E-state index is 13.3. The average Bonchev–Trinajstić information content (AvgIpc) is 2.89. The molecule has 0 spiro atoms. The highest BCUT2D eigenvalue weighted by atomic mass is 16.4. The number of aliphatic carboxylic acids is 1. The maximum absolute atomic E-state index is 13.3. The smallest absolute Gasteiger partial charge is 0.326 e. The van der Waals surface area contributed by atoms with Gasteiger partial charge in [-0.25, -0.2) is 9.59 Å². The maximum Gasteiger partial charge on any atom is 0.326 e. The van der Waals surface area contributed by atoms with E-state index in [1.165, 1.54) is 4.90 Å². The Morgan fingerprint density at radius 1 is 1.23 bits per heavy atom. The van der Waals surface area contributed by atoms with E-state index >= 15 is 0 Å². The van der Waals surface area contributed by atoms with Crippen LogP contribution in [0.25, 0.3) is 0 Å². The van der Waals surface area contributed by atoms with Crippen LogP contribution >= 0.6 is 0 Å². The zero-order chi connectivity index (χ0) is 22.7. The average molecular weight is 371 g/mol. The molecular formula is C19H33N3O4. The summed E-state index contributed by atoms with van der Waals surface area (Å²) in [5, 5.41) is 15.2. The molecule has 5 atom stereocenters. The summed E-state index contributed by atoms with van der Waals surface area (Å²) in [6, 6.07) is -2.69. The zero-order valence-corrected chi connectivity index (χ0v) is 16.6. The number of carbonyl (C=O) groups is 3. The fraction of sp³-hybridized carbons (Fsp3) is 0.842. The van der Waals surface area contributed by atoms with Crippen LogP contribution in [-0.4, -0.2) is 52.1 Å². The molecule has 1 aliphatic carbocycles. The second-order valence-electron chi connectivity index (χ2n) is 9.84. The predicted molar refractivity (Wildman–Crippen MR) is 98.6 cm³/mol. The molecule has 148 valence electrons. The second-order valence-corrected chi connectivity index (χ2v) is 9.84. The standard InChI is InChI=1S/C19H33N3O4/c1-17(2,3)13(20-16(26)21-18(4,5)6)14(23)22-9-10-11(19(10,7)8)12(22)15(24)25/h10-13H,9H2,1-8H3,(H,24,25)(H2,20,21,26)/t10-,11-,12-,13+/m0/s1/i7D3/t10-,11-,12-,13+,19?. The van der Waals surface area contributed by atoms with E-state index in [4.69, 9.17) is 4.11 Å². The lowest BCUT2D eigenvalue weighted by atomic mass is 9.85. The lowest BCUT2D eigenvalue weighted by molar-refractivity contribution is -0.152. The number of amides is 3. The Morgan fingerprint density at radius 3 is 2.23 bits per heavy atom. The molecule has 2 aliphatic rings. The third kappa shape index (κ3) is 3.81. The molecule has 2 fully saturated rings. The molecule has 2 rings (SSSR count). The number of fused-ring (bicyclic) bond motifs is 1. The number of urea groups is 1. The van der Waals surface area contributed by atoms with Crippen molar-refractivity contribution in [2.24, 2.45) is 22.7 Å². The van der Waals surface area contributed by atoms with Gasteiger partial charge in [0.25, 0.3) is 0 Å². The topological polar surface area (TPSA) is 98.7 Å². The third-order valence-electron chi connectivity index (χ3n) is 5.27. The number of nitrogens with one attached hydrogen (secondary N) is 2. The van der Waals surface area contributed by atoms with Gasteiger partial charge >= 0.3 is 12.0 Å². The molecule has 3 amide bonds. The molecule has 0 aromatic rings. The molecule has 0 radical (unpaired) electrons. The summed E-state index contributed by atoms with van der Waals surface area (Å²) in [6.07, 6.45) is 0. The first-order chi connectivity index (χ1) is 12.8. The minimum atomic E-state index is -2.29. The molecule has 0 aromatic heterocycles. The van der Waals surface area contributed by atoms with Crippen molar-refractivity contribution in [1.29, 1.82) is 0 Å². The van der Waals surface area contributed by atoms with E-state index in [9.17, 15) is 19.5 Å². The Bertz CT molecular complexity index is 711. The minimum absolute atomic E-state index is 0.0600. The summed E-state index contributed by atoms with van der Waals surface area (Å²) in [5.74, 6) is -2.75. The number of hydrogen-bond donors (Lipinski definition) is 3. The summed E-state index contributed by atoms with van der Waals surface area (Å²) in [6.45, 7) is 10.1. The van der Waals surface area contributed by atoms with Gasteiger partial charge in [0.15, 0.2) is 0 Å². The summed E-state index contributed by atoms with van der Waals surface area (Å²) in [4.78, 5) is 38.9. The van der Waals surface area contributed by atoms with Gasteiger partial charge in [-0.3, -0.25) is 4.79 Å². The number of nitrogens with zero attached hydrogens (tertiary/aromatic N) is 1. The zero-order valence-electron chi connectivity index (χ0n) is 19.6. The first-order valence-electron chi connectivity index (χ1n) is 10.4. The van der Waals surface area contributed by atoms with Crippen LogP contribution in [0.1, 0.15) is 59.4 Å². The first-order valence-corrected chi connectivity index (χ1v) is 8.94. The van der Waals surface area contributed by atoms with E-state index in [0.717, 1.165) is 0 Å². The van der Waals surface area contributed by atoms with Crippen molar-refractivity contribution >= 4 is 17.9 Å². The number of carboxylic acid groups (broad SMARTS) is 1. The van der Waals surface area contributed by atoms with Gasteiger partial charge in [0.05, 0.1) is 0 Å². The largest absolute Gasteiger partial charge is 0.480 e. The van der Waals surface area contributed by atoms with Crippen molar-refractivity contribution in [2.75, 3.05) is 6.54 Å². The highest BCUT2D eigenvalue weighted by molar-refractivity contribution is 5.92. The Balaban J connectivity index is 2.26. The van der Waals surface area contributed by atoms with Crippen molar-refractivity contribution < 1.29 is 23.6 Å². The SMILES string of the molecule is [2H]C([2H])([2H])C1(C)[C@@H]2[C@@H](C(=O)O)N(C(=O)[C@@H](NC(=O)NC(C)(C)C)C(C)(C)C)C[C@@H]21. The Morgan fingerprint density at radius 2 is 1.81 bits per heavy atom. The van der Waals surface area contributed by atoms with E-state index in [0.29, 0.717) is 0 Å². The van der Waals surface area contributed by atoms with E-state index in [1.807, 2.05) is 20.8 Å². The van der Waals surface area contributed by atoms with Crippen LogP contribution in [-0.2, 0) is 9.59 Å². The molecular weight excluding hydrogens is 334 g/mol. The molecule has 1 aliphatic heterocycles. The van der Waals surface area contributed by atoms with Crippen LogP contribution in [0.15, 0.2) is 0 Å². The van der Waals surface area contributed by atoms with Crippen molar-refractivity contribution in [1.82, 2.24) is 15.5 Å². The van der Waals surface area contributed by atoms with Gasteiger partial charge in [-0.15, -0.1) is 0 Å². The van der Waals surface area contributed by atoms with E-state index < -0.39 is 65.0 Å². The molecule has 1 heterocycles. The number of rotatable bonds is 3. The van der Waals surface area contributed by atoms with Gasteiger partial charge in [-0.1, -0.05) is 34.5 Å². The molecule has 0 bridgehead atoms. The predicted octanol–water partition coefficient (Wildman–Crippen LogP) is 2.07. The van der Waals surface area contributed by atoms with Crippen LogP contribution in [0.4, 0.5) is 4.79 Å². The normalized spacial score (nSPS) is 34.0. The highest BCUT2D eigenvalue weighted by Crippen LogP contribution is 2.64. The van der Waals surface area contributed by atoms with Crippen molar-refractivity contribution in [3.05, 3.63) is 0 Å². The Kier molecular flexibility index (Phi) is 3.87. The lowest BCUT2D eigenvalue weighted by Gasteiger charge is -2.37. The van der Waals surface area contributed by atoms with Crippen LogP contribution in [0.2, 0.25) is 0 Å². The molecule has 0 aromatic carbocycles. The molecule has 26 heavy (non-hydrogen) atoms. The van der Waals surface area contributed by atoms with Crippen LogP contribution in [0.5, 0.6) is 0 Å². The van der Waals surface area contributed by atoms with Crippen LogP contribution in [0.3, 0.4) is 0 Å². The fourth-order valence-corrected chi connectivity index (χ4v) is 3.84. The van der Waals surface area contributed by atoms with Gasteiger partial charge in [0, 0.05) is 22.1 Å². The molecule has 7 heteroatoms. The van der Waals surface area contributed by atoms with E-state index in [1.54, 1.807) is 27.7 Å². The summed E-state index contributed by atoms with van der Waals surface area (Å²) < 4.78 is 23.3. The summed E-state index contributed by atoms with van der Waals surface area (Å²) in [7, 11) is 0. The summed E-state index contributed by atoms with van der Waals surface area (Å²) >= 11 is 0. The number of likely N-dealkylation sites (tertiary alicyclic amines) is 1. The molecule has 3 N–H and O–H groups in total. The van der Waals surface area contributed by atoms with E-state index in [2.05, 4.69) is 10.6 Å². The number of carbonyl (C=O) groups excluding carboxylic acids is 2. The van der Waals surface area contributed by atoms with Crippen LogP contribution < -0.4 is 10.6 Å². The summed E-state index contributed by atoms with van der Waals surface area (Å²) in [5.41, 5.74) is -2.29. The third-order valence-corrected chi connectivity index (χ3v) is 5.27. The van der Waals surface area contributed by atoms with Crippen molar-refractivity contribution in [2.45, 2.75) is 72.9 Å². The molecule has 1 unspecified atom stereocenters. The number of carboxylic acids is 1. The Hall–Kier alpha value is -1.79. The van der Waals surface area contributed by atoms with Crippen molar-refractivity contribution in [3.63, 3.8) is 0 Å². The molecule has 7 nitrogen and oxygen atoms in total. The van der Waals surface area contributed by atoms with Crippen LogP contribution in [0, 0.1) is 22.7 Å². The minimum Gasteiger partial charge on any atom is -0.480 e. The van der Waals surface area contributed by atoms with Gasteiger partial charge in [0.1, 0.15) is 12.1 Å². The molecule has 1 saturated heterocycles. The first kappa shape index (κ1) is 16.4. The van der Waals surface area contributed by atoms with E-state index in [-0.39, 0.29) is 6.54 Å². The highest BCUT2D eigenvalue weighted by Gasteiger charge is 2.70. The number of piperidine rings is 1. The molecule has 1 saturated carbocycles. The monoisotopic (exact) mass is 370 g/mol. The van der Waals surface area contributed by atoms with Gasteiger partial charge < -0.3 is 20.6 Å². The second kappa shape index (κ2) is 6.13. The quantitative estimate of drug-likeness (QED) is 0.708. The van der Waals surface area contributed by atoms with Gasteiger partial charge in [-0.2, -0.15) is 0 Å². The Labute approximate surface area is 160 Å².